The molecule has 2 heterocycles. The van der Waals surface area contributed by atoms with E-state index in [2.05, 4.69) is 20.5 Å². The second-order valence-corrected chi connectivity index (χ2v) is 8.71. The molecule has 1 aromatic heterocycles. The molecule has 1 saturated heterocycles. The molecule has 35 heavy (non-hydrogen) atoms. The number of benzene rings is 2. The van der Waals surface area contributed by atoms with Crippen LogP contribution in [-0.4, -0.2) is 54.4 Å². The Labute approximate surface area is 205 Å². The number of halogens is 1. The number of piperazine rings is 1. The fraction of sp³-hybridized carbons (Fsp3) is 0.296. The Morgan fingerprint density at radius 2 is 1.66 bits per heavy atom. The second kappa shape index (κ2) is 11.1. The molecule has 7 nitrogen and oxygen atoms in total. The summed E-state index contributed by atoms with van der Waals surface area (Å²) in [6, 6.07) is 16.1. The Hall–Kier alpha value is -3.78. The number of carbonyl (C=O) groups excluding carboxylic acids is 2. The van der Waals surface area contributed by atoms with Gasteiger partial charge in [0.05, 0.1) is 11.7 Å². The highest BCUT2D eigenvalue weighted by Crippen LogP contribution is 2.25. The highest BCUT2D eigenvalue weighted by Gasteiger charge is 2.27. The van der Waals surface area contributed by atoms with Gasteiger partial charge in [-0.1, -0.05) is 36.4 Å². The standard InChI is InChI=1S/C27H30FN5O2/c1-19-7-5-8-20(2)25(19)31-27(35)26(34)30-18-24(21-9-6-12-29-17-21)33-15-13-32(14-16-33)23-11-4-3-10-22(23)28/h3-12,17,24H,13-16,18H2,1-2H3,(H,30,34)(H,31,35)/t24-/m1/s1. The zero-order chi connectivity index (χ0) is 24.8. The molecule has 0 radical (unpaired) electrons. The zero-order valence-electron chi connectivity index (χ0n) is 20.0. The van der Waals surface area contributed by atoms with Crippen LogP contribution in [-0.2, 0) is 9.59 Å². The minimum Gasteiger partial charge on any atom is -0.367 e. The number of aromatic nitrogens is 1. The number of nitrogens with one attached hydrogen (secondary N) is 2. The molecule has 0 unspecified atom stereocenters. The summed E-state index contributed by atoms with van der Waals surface area (Å²) in [6.07, 6.45) is 3.48. The first-order valence-electron chi connectivity index (χ1n) is 11.7. The lowest BCUT2D eigenvalue weighted by Gasteiger charge is -2.40. The molecule has 0 saturated carbocycles. The molecule has 182 valence electrons. The van der Waals surface area contributed by atoms with Crippen molar-refractivity contribution in [3.8, 4) is 0 Å². The van der Waals surface area contributed by atoms with Crippen LogP contribution in [0.2, 0.25) is 0 Å². The molecule has 2 amide bonds. The minimum absolute atomic E-state index is 0.164. The molecule has 0 aliphatic carbocycles. The molecular formula is C27H30FN5O2. The third-order valence-corrected chi connectivity index (χ3v) is 6.40. The van der Waals surface area contributed by atoms with Crippen LogP contribution >= 0.6 is 0 Å². The van der Waals surface area contributed by atoms with Crippen LogP contribution in [0.4, 0.5) is 15.8 Å². The maximum Gasteiger partial charge on any atom is 0.313 e. The molecule has 8 heteroatoms. The Bertz CT molecular complexity index is 1160. The predicted molar refractivity (Wildman–Crippen MR) is 135 cm³/mol. The summed E-state index contributed by atoms with van der Waals surface area (Å²) in [7, 11) is 0. The number of rotatable bonds is 6. The molecule has 0 spiro atoms. The number of anilines is 2. The first kappa shape index (κ1) is 24.3. The van der Waals surface area contributed by atoms with Gasteiger partial charge in [0.1, 0.15) is 5.82 Å². The van der Waals surface area contributed by atoms with Gasteiger partial charge in [0, 0.05) is 50.8 Å². The minimum atomic E-state index is -0.697. The van der Waals surface area contributed by atoms with Crippen LogP contribution in [0.25, 0.3) is 0 Å². The summed E-state index contributed by atoms with van der Waals surface area (Å²) in [5.74, 6) is -1.62. The average Bonchev–Trinajstić information content (AvgIpc) is 2.87. The summed E-state index contributed by atoms with van der Waals surface area (Å²) in [4.78, 5) is 33.7. The van der Waals surface area contributed by atoms with E-state index in [1.165, 1.54) is 6.07 Å². The van der Waals surface area contributed by atoms with Gasteiger partial charge < -0.3 is 15.5 Å². The third-order valence-electron chi connectivity index (χ3n) is 6.40. The van der Waals surface area contributed by atoms with Crippen LogP contribution < -0.4 is 15.5 Å². The molecule has 1 atom stereocenters. The van der Waals surface area contributed by atoms with Crippen molar-refractivity contribution in [2.45, 2.75) is 19.9 Å². The molecule has 1 aliphatic heterocycles. The monoisotopic (exact) mass is 475 g/mol. The van der Waals surface area contributed by atoms with Gasteiger partial charge in [-0.25, -0.2) is 4.39 Å². The Kier molecular flexibility index (Phi) is 7.72. The van der Waals surface area contributed by atoms with Crippen LogP contribution in [0.15, 0.2) is 67.0 Å². The molecule has 2 N–H and O–H groups in total. The largest absolute Gasteiger partial charge is 0.367 e. The van der Waals surface area contributed by atoms with Gasteiger partial charge in [-0.3, -0.25) is 19.5 Å². The van der Waals surface area contributed by atoms with E-state index < -0.39 is 11.8 Å². The number of amides is 2. The van der Waals surface area contributed by atoms with Gasteiger partial charge in [-0.05, 0) is 48.7 Å². The van der Waals surface area contributed by atoms with Crippen molar-refractivity contribution in [1.29, 1.82) is 0 Å². The van der Waals surface area contributed by atoms with Gasteiger partial charge >= 0.3 is 11.8 Å². The van der Waals surface area contributed by atoms with E-state index in [0.29, 0.717) is 37.6 Å². The normalized spacial score (nSPS) is 14.9. The van der Waals surface area contributed by atoms with Gasteiger partial charge in [-0.2, -0.15) is 0 Å². The van der Waals surface area contributed by atoms with Crippen molar-refractivity contribution in [3.63, 3.8) is 0 Å². The number of hydrogen-bond donors (Lipinski definition) is 2. The van der Waals surface area contributed by atoms with E-state index >= 15 is 0 Å². The van der Waals surface area contributed by atoms with Crippen molar-refractivity contribution in [3.05, 3.63) is 89.5 Å². The summed E-state index contributed by atoms with van der Waals surface area (Å²) in [6.45, 7) is 6.69. The van der Waals surface area contributed by atoms with Gasteiger partial charge in [-0.15, -0.1) is 0 Å². The van der Waals surface area contributed by atoms with Crippen molar-refractivity contribution in [1.82, 2.24) is 15.2 Å². The van der Waals surface area contributed by atoms with E-state index in [1.54, 1.807) is 24.5 Å². The van der Waals surface area contributed by atoms with Crippen molar-refractivity contribution in [2.24, 2.45) is 0 Å². The van der Waals surface area contributed by atoms with E-state index in [0.717, 1.165) is 16.7 Å². The molecule has 0 bridgehead atoms. The van der Waals surface area contributed by atoms with Crippen molar-refractivity contribution < 1.29 is 14.0 Å². The molecule has 2 aromatic carbocycles. The SMILES string of the molecule is Cc1cccc(C)c1NC(=O)C(=O)NC[C@H](c1cccnc1)N1CCN(c2ccccc2F)CC1. The van der Waals surface area contributed by atoms with Crippen molar-refractivity contribution >= 4 is 23.2 Å². The van der Waals surface area contributed by atoms with Crippen molar-refractivity contribution in [2.75, 3.05) is 42.9 Å². The fourth-order valence-electron chi connectivity index (χ4n) is 4.47. The maximum atomic E-state index is 14.2. The van der Waals surface area contributed by atoms with Crippen LogP contribution in [0.3, 0.4) is 0 Å². The van der Waals surface area contributed by atoms with E-state index in [4.69, 9.17) is 0 Å². The fourth-order valence-corrected chi connectivity index (χ4v) is 4.47. The molecule has 4 rings (SSSR count). The topological polar surface area (TPSA) is 77.6 Å². The van der Waals surface area contributed by atoms with E-state index in [9.17, 15) is 14.0 Å². The summed E-state index contributed by atoms with van der Waals surface area (Å²) >= 11 is 0. The van der Waals surface area contributed by atoms with Crippen LogP contribution in [0.5, 0.6) is 0 Å². The van der Waals surface area contributed by atoms with Crippen LogP contribution in [0.1, 0.15) is 22.7 Å². The maximum absolute atomic E-state index is 14.2. The average molecular weight is 476 g/mol. The number of pyridine rings is 1. The zero-order valence-corrected chi connectivity index (χ0v) is 20.0. The van der Waals surface area contributed by atoms with Gasteiger partial charge in [0.2, 0.25) is 0 Å². The predicted octanol–water partition coefficient (Wildman–Crippen LogP) is 3.46. The highest BCUT2D eigenvalue weighted by molar-refractivity contribution is 6.39. The second-order valence-electron chi connectivity index (χ2n) is 8.71. The van der Waals surface area contributed by atoms with Crippen LogP contribution in [0, 0.1) is 19.7 Å². The molecule has 3 aromatic rings. The van der Waals surface area contributed by atoms with E-state index in [-0.39, 0.29) is 18.4 Å². The molecular weight excluding hydrogens is 445 g/mol. The summed E-state index contributed by atoms with van der Waals surface area (Å²) < 4.78 is 14.2. The summed E-state index contributed by atoms with van der Waals surface area (Å²) in [5, 5.41) is 5.53. The molecule has 1 aliphatic rings. The Morgan fingerprint density at radius 3 is 2.31 bits per heavy atom. The smallest absolute Gasteiger partial charge is 0.313 e. The first-order chi connectivity index (χ1) is 16.9. The lowest BCUT2D eigenvalue weighted by molar-refractivity contribution is -0.136. The molecule has 1 fully saturated rings. The lowest BCUT2D eigenvalue weighted by atomic mass is 10.1. The Morgan fingerprint density at radius 1 is 0.943 bits per heavy atom. The highest BCUT2D eigenvalue weighted by atomic mass is 19.1. The number of hydrogen-bond acceptors (Lipinski definition) is 5. The number of carbonyl (C=O) groups is 2. The number of para-hydroxylation sites is 2. The van der Waals surface area contributed by atoms with E-state index in [1.807, 2.05) is 55.1 Å². The summed E-state index contributed by atoms with van der Waals surface area (Å²) in [5.41, 5.74) is 3.99. The first-order valence-corrected chi connectivity index (χ1v) is 11.7. The Balaban J connectivity index is 1.41. The van der Waals surface area contributed by atoms with Gasteiger partial charge in [0.25, 0.3) is 0 Å². The van der Waals surface area contributed by atoms with Gasteiger partial charge in [0.15, 0.2) is 0 Å². The third kappa shape index (κ3) is 5.84. The lowest BCUT2D eigenvalue weighted by Crippen LogP contribution is -2.50. The quantitative estimate of drug-likeness (QED) is 0.534. The number of aryl methyl sites for hydroxylation is 2. The number of nitrogens with zero attached hydrogens (tertiary/aromatic N) is 3.